The van der Waals surface area contributed by atoms with Gasteiger partial charge in [-0.25, -0.2) is 5.01 Å². The molecule has 1 fully saturated rings. The molecule has 90 valence electrons. The average molecular weight is 223 g/mol. The largest absolute Gasteiger partial charge is 0.379 e. The zero-order valence-electron chi connectivity index (χ0n) is 9.98. The minimum atomic E-state index is 0.837. The van der Waals surface area contributed by atoms with E-state index in [-0.39, 0.29) is 0 Å². The Morgan fingerprint density at radius 3 is 2.94 bits per heavy atom. The Morgan fingerprint density at radius 2 is 2.19 bits per heavy atom. The van der Waals surface area contributed by atoms with Gasteiger partial charge < -0.3 is 9.30 Å². The summed E-state index contributed by atoms with van der Waals surface area (Å²) in [5, 5.41) is 2.24. The number of nitrogens with one attached hydrogen (secondary N) is 1. The third-order valence-electron chi connectivity index (χ3n) is 2.81. The second-order valence-corrected chi connectivity index (χ2v) is 4.19. The number of aryl methyl sites for hydroxylation is 1. The molecule has 0 spiro atoms. The highest BCUT2D eigenvalue weighted by molar-refractivity contribution is 5.09. The minimum Gasteiger partial charge on any atom is -0.379 e. The molecule has 1 saturated heterocycles. The van der Waals surface area contributed by atoms with Crippen molar-refractivity contribution in [1.82, 2.24) is 15.0 Å². The van der Waals surface area contributed by atoms with Crippen LogP contribution < -0.4 is 5.43 Å². The van der Waals surface area contributed by atoms with Crippen LogP contribution in [-0.4, -0.2) is 35.9 Å². The topological polar surface area (TPSA) is 29.4 Å². The predicted molar refractivity (Wildman–Crippen MR) is 64.0 cm³/mol. The molecule has 1 N–H and O–H groups in total. The van der Waals surface area contributed by atoms with Crippen LogP contribution in [0.2, 0.25) is 0 Å². The van der Waals surface area contributed by atoms with Crippen LogP contribution in [0, 0.1) is 0 Å². The van der Waals surface area contributed by atoms with Gasteiger partial charge in [-0.05, 0) is 18.1 Å². The highest BCUT2D eigenvalue weighted by atomic mass is 16.5. The van der Waals surface area contributed by atoms with Gasteiger partial charge >= 0.3 is 0 Å². The van der Waals surface area contributed by atoms with Crippen molar-refractivity contribution in [2.24, 2.45) is 0 Å². The molecule has 0 unspecified atom stereocenters. The van der Waals surface area contributed by atoms with Gasteiger partial charge in [0, 0.05) is 38.6 Å². The smallest absolute Gasteiger partial charge is 0.0608 e. The van der Waals surface area contributed by atoms with Crippen LogP contribution in [0.15, 0.2) is 18.5 Å². The SMILES string of the molecule is CCCn1ccc(CNN2CCOCC2)c1. The molecule has 1 aliphatic rings. The summed E-state index contributed by atoms with van der Waals surface area (Å²) in [5.74, 6) is 0. The first-order valence-electron chi connectivity index (χ1n) is 6.09. The van der Waals surface area contributed by atoms with E-state index in [1.807, 2.05) is 0 Å². The summed E-state index contributed by atoms with van der Waals surface area (Å²) >= 11 is 0. The van der Waals surface area contributed by atoms with Crippen molar-refractivity contribution in [1.29, 1.82) is 0 Å². The van der Waals surface area contributed by atoms with Gasteiger partial charge in [-0.2, -0.15) is 0 Å². The number of rotatable bonds is 5. The number of aromatic nitrogens is 1. The Bertz CT molecular complexity index is 305. The lowest BCUT2D eigenvalue weighted by molar-refractivity contribution is 0.0106. The van der Waals surface area contributed by atoms with E-state index in [0.29, 0.717) is 0 Å². The van der Waals surface area contributed by atoms with Crippen LogP contribution >= 0.6 is 0 Å². The number of nitrogens with zero attached hydrogens (tertiary/aromatic N) is 2. The summed E-state index contributed by atoms with van der Waals surface area (Å²) in [6.07, 6.45) is 5.56. The summed E-state index contributed by atoms with van der Waals surface area (Å²) in [6, 6.07) is 2.18. The molecule has 0 atom stereocenters. The normalized spacial score (nSPS) is 17.8. The van der Waals surface area contributed by atoms with Crippen molar-refractivity contribution in [3.63, 3.8) is 0 Å². The molecule has 16 heavy (non-hydrogen) atoms. The van der Waals surface area contributed by atoms with Crippen molar-refractivity contribution in [2.75, 3.05) is 26.3 Å². The Morgan fingerprint density at radius 1 is 1.38 bits per heavy atom. The number of hydrogen-bond acceptors (Lipinski definition) is 3. The second-order valence-electron chi connectivity index (χ2n) is 4.19. The monoisotopic (exact) mass is 223 g/mol. The molecule has 1 aromatic rings. The van der Waals surface area contributed by atoms with E-state index in [1.54, 1.807) is 0 Å². The molecule has 0 aliphatic carbocycles. The molecule has 0 amide bonds. The third-order valence-corrected chi connectivity index (χ3v) is 2.81. The van der Waals surface area contributed by atoms with Gasteiger partial charge in [0.15, 0.2) is 0 Å². The maximum absolute atomic E-state index is 5.30. The lowest BCUT2D eigenvalue weighted by Crippen LogP contribution is -2.45. The lowest BCUT2D eigenvalue weighted by Gasteiger charge is -2.27. The van der Waals surface area contributed by atoms with E-state index in [2.05, 4.69) is 40.4 Å². The number of hydrazine groups is 1. The molecule has 0 bridgehead atoms. The molecule has 0 saturated carbocycles. The van der Waals surface area contributed by atoms with E-state index >= 15 is 0 Å². The fraction of sp³-hybridized carbons (Fsp3) is 0.667. The van der Waals surface area contributed by atoms with Gasteiger partial charge in [-0.3, -0.25) is 5.43 Å². The molecule has 4 heteroatoms. The fourth-order valence-electron chi connectivity index (χ4n) is 1.92. The zero-order valence-corrected chi connectivity index (χ0v) is 9.98. The first-order chi connectivity index (χ1) is 7.88. The van der Waals surface area contributed by atoms with Gasteiger partial charge in [0.1, 0.15) is 0 Å². The Kier molecular flexibility index (Phi) is 4.39. The third kappa shape index (κ3) is 3.33. The summed E-state index contributed by atoms with van der Waals surface area (Å²) in [7, 11) is 0. The van der Waals surface area contributed by atoms with Gasteiger partial charge in [-0.1, -0.05) is 6.92 Å². The lowest BCUT2D eigenvalue weighted by atomic mass is 10.3. The fourth-order valence-corrected chi connectivity index (χ4v) is 1.92. The Balaban J connectivity index is 1.75. The molecule has 1 aliphatic heterocycles. The number of hydrogen-bond donors (Lipinski definition) is 1. The standard InChI is InChI=1S/C12H21N3O/c1-2-4-14-5-3-12(11-14)10-13-15-6-8-16-9-7-15/h3,5,11,13H,2,4,6-10H2,1H3. The average Bonchev–Trinajstić information content (AvgIpc) is 2.76. The van der Waals surface area contributed by atoms with E-state index in [0.717, 1.165) is 39.4 Å². The van der Waals surface area contributed by atoms with E-state index in [1.165, 1.54) is 12.0 Å². The molecular weight excluding hydrogens is 202 g/mol. The molecule has 2 heterocycles. The number of morpholine rings is 1. The summed E-state index contributed by atoms with van der Waals surface area (Å²) in [5.41, 5.74) is 4.78. The molecule has 2 rings (SSSR count). The van der Waals surface area contributed by atoms with Crippen LogP contribution in [0.4, 0.5) is 0 Å². The predicted octanol–water partition coefficient (Wildman–Crippen LogP) is 1.23. The van der Waals surface area contributed by atoms with Crippen LogP contribution in [0.25, 0.3) is 0 Å². The van der Waals surface area contributed by atoms with Crippen LogP contribution in [0.1, 0.15) is 18.9 Å². The molecule has 0 aromatic carbocycles. The molecule has 4 nitrogen and oxygen atoms in total. The van der Waals surface area contributed by atoms with Crippen molar-refractivity contribution < 1.29 is 4.74 Å². The highest BCUT2D eigenvalue weighted by Gasteiger charge is 2.09. The second kappa shape index (κ2) is 6.03. The Hall–Kier alpha value is -0.840. The minimum absolute atomic E-state index is 0.837. The van der Waals surface area contributed by atoms with E-state index < -0.39 is 0 Å². The van der Waals surface area contributed by atoms with Crippen molar-refractivity contribution in [2.45, 2.75) is 26.4 Å². The summed E-state index contributed by atoms with van der Waals surface area (Å²) < 4.78 is 7.55. The molecule has 0 radical (unpaired) electrons. The van der Waals surface area contributed by atoms with Crippen molar-refractivity contribution in [3.8, 4) is 0 Å². The van der Waals surface area contributed by atoms with Crippen LogP contribution in [0.5, 0.6) is 0 Å². The molecular formula is C12H21N3O. The van der Waals surface area contributed by atoms with Crippen LogP contribution in [0.3, 0.4) is 0 Å². The van der Waals surface area contributed by atoms with Gasteiger partial charge in [-0.15, -0.1) is 0 Å². The number of ether oxygens (including phenoxy) is 1. The maximum Gasteiger partial charge on any atom is 0.0608 e. The summed E-state index contributed by atoms with van der Waals surface area (Å²) in [4.78, 5) is 0. The first-order valence-corrected chi connectivity index (χ1v) is 6.09. The van der Waals surface area contributed by atoms with Crippen molar-refractivity contribution in [3.05, 3.63) is 24.0 Å². The Labute approximate surface area is 97.2 Å². The van der Waals surface area contributed by atoms with Crippen molar-refractivity contribution >= 4 is 0 Å². The van der Waals surface area contributed by atoms with Gasteiger partial charge in [0.25, 0.3) is 0 Å². The van der Waals surface area contributed by atoms with Gasteiger partial charge in [0.05, 0.1) is 13.2 Å². The molecule has 1 aromatic heterocycles. The zero-order chi connectivity index (χ0) is 11.2. The highest BCUT2D eigenvalue weighted by Crippen LogP contribution is 2.03. The van der Waals surface area contributed by atoms with Gasteiger partial charge in [0.2, 0.25) is 0 Å². The van der Waals surface area contributed by atoms with Crippen LogP contribution in [-0.2, 0) is 17.8 Å². The maximum atomic E-state index is 5.30. The van der Waals surface area contributed by atoms with E-state index in [9.17, 15) is 0 Å². The van der Waals surface area contributed by atoms with E-state index in [4.69, 9.17) is 4.74 Å². The summed E-state index contributed by atoms with van der Waals surface area (Å²) in [6.45, 7) is 7.86. The first kappa shape index (κ1) is 11.6. The quantitative estimate of drug-likeness (QED) is 0.814.